The first kappa shape index (κ1) is 36.9. The number of rotatable bonds is 22. The van der Waals surface area contributed by atoms with E-state index in [0.29, 0.717) is 81.4 Å². The van der Waals surface area contributed by atoms with Crippen molar-refractivity contribution in [3.05, 3.63) is 47.5 Å². The second kappa shape index (κ2) is 23.5. The molecule has 11 nitrogen and oxygen atoms in total. The smallest absolute Gasteiger partial charge is 0.335 e. The monoisotopic (exact) mass is 614 g/mol. The van der Waals surface area contributed by atoms with Gasteiger partial charge in [-0.3, -0.25) is 4.79 Å². The summed E-state index contributed by atoms with van der Waals surface area (Å²) in [6.07, 6.45) is 2.99. The predicted molar refractivity (Wildman–Crippen MR) is 158 cm³/mol. The van der Waals surface area contributed by atoms with E-state index in [4.69, 9.17) is 54.6 Å². The number of methoxy groups -OCH3 is 4. The third kappa shape index (κ3) is 17.0. The van der Waals surface area contributed by atoms with Crippen LogP contribution >= 0.6 is 11.6 Å². The van der Waals surface area contributed by atoms with E-state index in [0.717, 1.165) is 25.7 Å². The number of carboxylic acid groups (broad SMARTS) is 1. The van der Waals surface area contributed by atoms with Gasteiger partial charge in [-0.05, 0) is 35.9 Å². The van der Waals surface area contributed by atoms with Crippen LogP contribution < -0.4 is 18.9 Å². The molecule has 0 saturated heterocycles. The van der Waals surface area contributed by atoms with E-state index < -0.39 is 11.2 Å². The summed E-state index contributed by atoms with van der Waals surface area (Å²) in [6, 6.07) is 9.59. The fraction of sp³-hybridized carbons (Fsp3) is 0.533. The van der Waals surface area contributed by atoms with Crippen molar-refractivity contribution in [1.29, 1.82) is 0 Å². The lowest BCUT2D eigenvalue weighted by molar-refractivity contribution is 0.0695. The highest BCUT2D eigenvalue weighted by Gasteiger charge is 2.10. The molecule has 0 unspecified atom stereocenters. The van der Waals surface area contributed by atoms with Crippen LogP contribution in [0.4, 0.5) is 0 Å². The molecule has 2 aromatic carbocycles. The van der Waals surface area contributed by atoms with Gasteiger partial charge < -0.3 is 43.0 Å². The molecule has 2 aromatic rings. The lowest BCUT2D eigenvalue weighted by atomic mass is 10.2. The summed E-state index contributed by atoms with van der Waals surface area (Å²) in [5, 5.41) is 8.56. The number of halogens is 1. The second-order valence-corrected chi connectivity index (χ2v) is 9.09. The molecule has 0 aliphatic heterocycles. The van der Waals surface area contributed by atoms with Crippen molar-refractivity contribution >= 4 is 22.8 Å². The zero-order chi connectivity index (χ0) is 31.0. The molecule has 0 fully saturated rings. The van der Waals surface area contributed by atoms with Crippen LogP contribution in [0.5, 0.6) is 23.0 Å². The van der Waals surface area contributed by atoms with Crippen molar-refractivity contribution < 1.29 is 52.6 Å². The van der Waals surface area contributed by atoms with Gasteiger partial charge in [0.25, 0.3) is 5.24 Å². The maximum Gasteiger partial charge on any atom is 0.335 e. The molecule has 42 heavy (non-hydrogen) atoms. The topological polar surface area (TPSA) is 128 Å². The Morgan fingerprint density at radius 2 is 0.810 bits per heavy atom. The number of hydrogen-bond acceptors (Lipinski definition) is 10. The van der Waals surface area contributed by atoms with Gasteiger partial charge in [-0.15, -0.1) is 0 Å². The van der Waals surface area contributed by atoms with Gasteiger partial charge in [0, 0.05) is 98.2 Å². The van der Waals surface area contributed by atoms with Crippen LogP contribution in [0.25, 0.3) is 0 Å². The van der Waals surface area contributed by atoms with Crippen molar-refractivity contribution in [2.75, 3.05) is 81.3 Å². The Morgan fingerprint density at radius 3 is 1.05 bits per heavy atom. The van der Waals surface area contributed by atoms with Crippen LogP contribution in [0.15, 0.2) is 36.4 Å². The van der Waals surface area contributed by atoms with Gasteiger partial charge in [-0.25, -0.2) is 4.79 Å². The highest BCUT2D eigenvalue weighted by molar-refractivity contribution is 6.67. The summed E-state index contributed by atoms with van der Waals surface area (Å²) < 4.78 is 41.9. The van der Waals surface area contributed by atoms with Gasteiger partial charge in [0.05, 0.1) is 32.0 Å². The second-order valence-electron chi connectivity index (χ2n) is 8.74. The first-order valence-electron chi connectivity index (χ1n) is 13.5. The van der Waals surface area contributed by atoms with Gasteiger partial charge in [0.1, 0.15) is 23.0 Å². The minimum atomic E-state index is -1.01. The molecule has 0 heterocycles. The quantitative estimate of drug-likeness (QED) is 0.140. The summed E-state index contributed by atoms with van der Waals surface area (Å²) in [5.74, 6) is 1.05. The molecule has 0 atom stereocenters. The van der Waals surface area contributed by atoms with E-state index in [1.807, 2.05) is 0 Å². The number of benzene rings is 2. The Hall–Kier alpha value is -3.09. The highest BCUT2D eigenvalue weighted by Crippen LogP contribution is 2.25. The summed E-state index contributed by atoms with van der Waals surface area (Å²) >= 11 is 5.52. The molecule has 0 saturated carbocycles. The fourth-order valence-corrected chi connectivity index (χ4v) is 3.40. The average molecular weight is 615 g/mol. The minimum absolute atomic E-state index is 0.140. The number of carbonyl (C=O) groups is 2. The van der Waals surface area contributed by atoms with Crippen molar-refractivity contribution in [1.82, 2.24) is 0 Å². The summed E-state index contributed by atoms with van der Waals surface area (Å²) in [4.78, 5) is 22.4. The molecule has 236 valence electrons. The van der Waals surface area contributed by atoms with E-state index in [9.17, 15) is 9.59 Å². The third-order valence-corrected chi connectivity index (χ3v) is 5.50. The molecule has 0 aromatic heterocycles. The molecule has 1 N–H and O–H groups in total. The summed E-state index contributed by atoms with van der Waals surface area (Å²) in [6.45, 7) is 4.34. The van der Waals surface area contributed by atoms with Gasteiger partial charge >= 0.3 is 5.97 Å². The zero-order valence-electron chi connectivity index (χ0n) is 24.9. The zero-order valence-corrected chi connectivity index (χ0v) is 25.6. The molecule has 0 spiro atoms. The number of carboxylic acids is 1. The van der Waals surface area contributed by atoms with E-state index in [1.165, 1.54) is 12.1 Å². The van der Waals surface area contributed by atoms with Gasteiger partial charge in [0.15, 0.2) is 0 Å². The molecule has 12 heteroatoms. The maximum atomic E-state index is 11.3. The van der Waals surface area contributed by atoms with Crippen LogP contribution in [-0.2, 0) is 18.9 Å². The molecule has 2 rings (SSSR count). The number of ether oxygens (including phenoxy) is 8. The number of carbonyl (C=O) groups excluding carboxylic acids is 1. The third-order valence-electron chi connectivity index (χ3n) is 5.28. The van der Waals surface area contributed by atoms with Gasteiger partial charge in [-0.1, -0.05) is 0 Å². The normalized spacial score (nSPS) is 10.4. The lowest BCUT2D eigenvalue weighted by Gasteiger charge is -2.11. The summed E-state index contributed by atoms with van der Waals surface area (Å²) in [5.41, 5.74) is 0.489. The Labute approximate surface area is 252 Å². The molecule has 0 aliphatic rings. The van der Waals surface area contributed by atoms with Gasteiger partial charge in [-0.2, -0.15) is 0 Å². The van der Waals surface area contributed by atoms with E-state index in [1.54, 1.807) is 52.7 Å². The first-order valence-corrected chi connectivity index (χ1v) is 13.9. The molecular formula is C30H43ClO11. The molecule has 0 bridgehead atoms. The van der Waals surface area contributed by atoms with Crippen LogP contribution in [-0.4, -0.2) is 97.6 Å². The fourth-order valence-electron chi connectivity index (χ4n) is 3.29. The molecule has 0 radical (unpaired) electrons. The Morgan fingerprint density at radius 1 is 0.524 bits per heavy atom. The van der Waals surface area contributed by atoms with E-state index in [-0.39, 0.29) is 5.56 Å². The maximum absolute atomic E-state index is 11.3. The Bertz CT molecular complexity index is 890. The number of aromatic carboxylic acids is 1. The van der Waals surface area contributed by atoms with Crippen molar-refractivity contribution in [2.24, 2.45) is 0 Å². The highest BCUT2D eigenvalue weighted by atomic mass is 35.5. The minimum Gasteiger partial charge on any atom is -0.493 e. The Balaban J connectivity index is 0.000000420. The largest absolute Gasteiger partial charge is 0.493 e. The van der Waals surface area contributed by atoms with Crippen molar-refractivity contribution in [2.45, 2.75) is 25.7 Å². The van der Waals surface area contributed by atoms with Gasteiger partial charge in [0.2, 0.25) is 0 Å². The SMILES string of the molecule is COCCCOc1cc(OCCCOC)cc(C(=O)Cl)c1.COCCCOc1cc(OCCCOC)cc(C(=O)O)c1. The van der Waals surface area contributed by atoms with Crippen LogP contribution in [0.3, 0.4) is 0 Å². The molecule has 0 aliphatic carbocycles. The van der Waals surface area contributed by atoms with Crippen LogP contribution in [0, 0.1) is 0 Å². The standard InChI is InChI=1S/C15H21ClO5.C15H22O6/c2*1-18-5-3-7-20-13-9-12(15(16)17)10-14(11-13)21-8-4-6-19-2/h9-11H,3-8H2,1-2H3;9-11H,3-8H2,1-2H3,(H,16,17). The Kier molecular flexibility index (Phi) is 20.6. The number of hydrogen-bond donors (Lipinski definition) is 1. The molecule has 0 amide bonds. The molecular weight excluding hydrogens is 572 g/mol. The van der Waals surface area contributed by atoms with Crippen LogP contribution in [0.2, 0.25) is 0 Å². The predicted octanol–water partition coefficient (Wildman–Crippen LogP) is 5.11. The summed E-state index contributed by atoms with van der Waals surface area (Å²) in [7, 11) is 6.52. The van der Waals surface area contributed by atoms with Crippen molar-refractivity contribution in [3.63, 3.8) is 0 Å². The van der Waals surface area contributed by atoms with Crippen LogP contribution in [0.1, 0.15) is 46.4 Å². The average Bonchev–Trinajstić information content (AvgIpc) is 2.98. The lowest BCUT2D eigenvalue weighted by Crippen LogP contribution is -2.05. The van der Waals surface area contributed by atoms with Crippen molar-refractivity contribution in [3.8, 4) is 23.0 Å². The van der Waals surface area contributed by atoms with E-state index in [2.05, 4.69) is 0 Å². The van der Waals surface area contributed by atoms with E-state index >= 15 is 0 Å². The first-order chi connectivity index (χ1) is 20.3.